The summed E-state index contributed by atoms with van der Waals surface area (Å²) in [5.41, 5.74) is 1.16. The lowest BCUT2D eigenvalue weighted by atomic mass is 9.97. The first-order valence-corrected chi connectivity index (χ1v) is 8.26. The van der Waals surface area contributed by atoms with Crippen molar-refractivity contribution in [3.8, 4) is 0 Å². The van der Waals surface area contributed by atoms with Crippen molar-refractivity contribution in [1.82, 2.24) is 34.3 Å². The number of rotatable bonds is 3. The highest BCUT2D eigenvalue weighted by molar-refractivity contribution is 5.93. The van der Waals surface area contributed by atoms with Gasteiger partial charge in [0.2, 0.25) is 0 Å². The lowest BCUT2D eigenvalue weighted by molar-refractivity contribution is 0.0694. The minimum atomic E-state index is -0.146. The smallest absolute Gasteiger partial charge is 0.272 e. The van der Waals surface area contributed by atoms with Crippen molar-refractivity contribution in [2.45, 2.75) is 25.4 Å². The third-order valence-electron chi connectivity index (χ3n) is 4.73. The fourth-order valence-electron chi connectivity index (χ4n) is 3.41. The maximum Gasteiger partial charge on any atom is 0.272 e. The van der Waals surface area contributed by atoms with Crippen LogP contribution < -0.4 is 0 Å². The Bertz CT molecular complexity index is 916. The van der Waals surface area contributed by atoms with Crippen molar-refractivity contribution >= 4 is 11.6 Å². The highest BCUT2D eigenvalue weighted by Crippen LogP contribution is 2.26. The number of fused-ring (bicyclic) bond motifs is 1. The summed E-state index contributed by atoms with van der Waals surface area (Å²) in [5.74, 6) is 1.38. The maximum atomic E-state index is 13.0. The van der Waals surface area contributed by atoms with E-state index in [-0.39, 0.29) is 18.4 Å². The minimum Gasteiger partial charge on any atom is -0.388 e. The van der Waals surface area contributed by atoms with Crippen LogP contribution in [0.4, 0.5) is 0 Å². The van der Waals surface area contributed by atoms with Gasteiger partial charge in [0, 0.05) is 26.1 Å². The standard InChI is InChI=1S/C16H19N7O2/c1-21-14(9-24)19-20-15(21)11-4-3-7-22(8-11)16(25)12-5-2-6-13-17-10-18-23(12)13/h2,5-6,10-11,24H,3-4,7-9H2,1H3. The van der Waals surface area contributed by atoms with Crippen LogP contribution in [0.2, 0.25) is 0 Å². The zero-order valence-corrected chi connectivity index (χ0v) is 13.9. The molecule has 1 aliphatic heterocycles. The molecule has 1 N–H and O–H groups in total. The Labute approximate surface area is 143 Å². The van der Waals surface area contributed by atoms with E-state index in [2.05, 4.69) is 20.3 Å². The molecule has 4 heterocycles. The van der Waals surface area contributed by atoms with Gasteiger partial charge in [-0.3, -0.25) is 4.79 Å². The Kier molecular flexibility index (Phi) is 3.92. The Morgan fingerprint density at radius 2 is 2.24 bits per heavy atom. The Hall–Kier alpha value is -2.81. The average molecular weight is 341 g/mol. The summed E-state index contributed by atoms with van der Waals surface area (Å²) in [4.78, 5) is 18.9. The number of carbonyl (C=O) groups is 1. The third kappa shape index (κ3) is 2.66. The van der Waals surface area contributed by atoms with E-state index in [1.165, 1.54) is 6.33 Å². The van der Waals surface area contributed by atoms with E-state index in [0.29, 0.717) is 30.3 Å². The van der Waals surface area contributed by atoms with Crippen LogP contribution in [-0.2, 0) is 13.7 Å². The molecule has 130 valence electrons. The van der Waals surface area contributed by atoms with Crippen LogP contribution >= 0.6 is 0 Å². The second-order valence-electron chi connectivity index (χ2n) is 6.22. The molecule has 0 aliphatic carbocycles. The SMILES string of the molecule is Cn1c(CO)nnc1C1CCCN(C(=O)c2cccc3ncnn23)C1. The maximum absolute atomic E-state index is 13.0. The second-order valence-corrected chi connectivity index (χ2v) is 6.22. The van der Waals surface area contributed by atoms with Crippen molar-refractivity contribution in [1.29, 1.82) is 0 Å². The fourth-order valence-corrected chi connectivity index (χ4v) is 3.41. The first-order chi connectivity index (χ1) is 12.2. The van der Waals surface area contributed by atoms with E-state index in [1.807, 2.05) is 28.6 Å². The van der Waals surface area contributed by atoms with E-state index < -0.39 is 0 Å². The molecule has 9 nitrogen and oxygen atoms in total. The number of aliphatic hydroxyl groups excluding tert-OH is 1. The first kappa shape index (κ1) is 15.7. The van der Waals surface area contributed by atoms with Gasteiger partial charge >= 0.3 is 0 Å². The monoisotopic (exact) mass is 341 g/mol. The van der Waals surface area contributed by atoms with Gasteiger partial charge < -0.3 is 14.6 Å². The Morgan fingerprint density at radius 3 is 3.04 bits per heavy atom. The highest BCUT2D eigenvalue weighted by Gasteiger charge is 2.29. The zero-order valence-electron chi connectivity index (χ0n) is 13.9. The molecule has 0 radical (unpaired) electrons. The van der Waals surface area contributed by atoms with Crippen molar-refractivity contribution < 1.29 is 9.90 Å². The normalized spacial score (nSPS) is 18.0. The van der Waals surface area contributed by atoms with Crippen LogP contribution in [0.25, 0.3) is 5.65 Å². The van der Waals surface area contributed by atoms with Gasteiger partial charge in [0.15, 0.2) is 11.5 Å². The van der Waals surface area contributed by atoms with E-state index in [0.717, 1.165) is 18.7 Å². The van der Waals surface area contributed by atoms with Crippen LogP contribution in [0.5, 0.6) is 0 Å². The number of amides is 1. The van der Waals surface area contributed by atoms with E-state index in [4.69, 9.17) is 0 Å². The number of carbonyl (C=O) groups excluding carboxylic acids is 1. The molecule has 4 rings (SSSR count). The predicted molar refractivity (Wildman–Crippen MR) is 87.8 cm³/mol. The molecule has 1 aliphatic rings. The van der Waals surface area contributed by atoms with Gasteiger partial charge in [-0.1, -0.05) is 6.07 Å². The number of aliphatic hydroxyl groups is 1. The molecule has 1 unspecified atom stereocenters. The second kappa shape index (κ2) is 6.25. The summed E-state index contributed by atoms with van der Waals surface area (Å²) in [6.07, 6.45) is 3.28. The van der Waals surface area contributed by atoms with Gasteiger partial charge in [-0.2, -0.15) is 5.10 Å². The number of nitrogens with zero attached hydrogens (tertiary/aromatic N) is 7. The summed E-state index contributed by atoms with van der Waals surface area (Å²) in [6, 6.07) is 5.40. The molecule has 9 heteroatoms. The number of hydrogen-bond acceptors (Lipinski definition) is 6. The van der Waals surface area contributed by atoms with Crippen LogP contribution in [0.1, 0.15) is 40.9 Å². The van der Waals surface area contributed by atoms with Crippen molar-refractivity contribution in [3.05, 3.63) is 41.9 Å². The first-order valence-electron chi connectivity index (χ1n) is 8.26. The van der Waals surface area contributed by atoms with Gasteiger partial charge in [0.1, 0.15) is 24.5 Å². The van der Waals surface area contributed by atoms with Gasteiger partial charge in [0.25, 0.3) is 5.91 Å². The molecule has 0 saturated carbocycles. The van der Waals surface area contributed by atoms with Gasteiger partial charge in [-0.25, -0.2) is 9.50 Å². The number of aromatic nitrogens is 6. The Balaban J connectivity index is 1.59. The van der Waals surface area contributed by atoms with Crippen molar-refractivity contribution in [2.24, 2.45) is 7.05 Å². The summed E-state index contributed by atoms with van der Waals surface area (Å²) >= 11 is 0. The molecule has 1 atom stereocenters. The highest BCUT2D eigenvalue weighted by atomic mass is 16.3. The van der Waals surface area contributed by atoms with Crippen LogP contribution in [0.15, 0.2) is 24.5 Å². The number of likely N-dealkylation sites (tertiary alicyclic amines) is 1. The quantitative estimate of drug-likeness (QED) is 0.738. The molecule has 0 spiro atoms. The van der Waals surface area contributed by atoms with E-state index >= 15 is 0 Å². The molecular formula is C16H19N7O2. The molecule has 0 bridgehead atoms. The zero-order chi connectivity index (χ0) is 17.4. The number of piperidine rings is 1. The molecular weight excluding hydrogens is 322 g/mol. The van der Waals surface area contributed by atoms with Crippen molar-refractivity contribution in [2.75, 3.05) is 13.1 Å². The largest absolute Gasteiger partial charge is 0.388 e. The molecule has 0 aromatic carbocycles. The van der Waals surface area contributed by atoms with Gasteiger partial charge in [-0.05, 0) is 25.0 Å². The molecule has 3 aromatic heterocycles. The van der Waals surface area contributed by atoms with Gasteiger partial charge in [0.05, 0.1) is 0 Å². The summed E-state index contributed by atoms with van der Waals surface area (Å²) in [7, 11) is 1.85. The van der Waals surface area contributed by atoms with E-state index in [1.54, 1.807) is 10.6 Å². The third-order valence-corrected chi connectivity index (χ3v) is 4.73. The summed E-state index contributed by atoms with van der Waals surface area (Å²) in [6.45, 7) is 1.12. The number of pyridine rings is 1. The topological polar surface area (TPSA) is 101 Å². The fraction of sp³-hybridized carbons (Fsp3) is 0.438. The molecule has 3 aromatic rings. The van der Waals surface area contributed by atoms with Crippen LogP contribution in [0, 0.1) is 0 Å². The summed E-state index contributed by atoms with van der Waals surface area (Å²) in [5, 5.41) is 21.7. The average Bonchev–Trinajstić information content (AvgIpc) is 3.27. The minimum absolute atomic E-state index is 0.0645. The molecule has 1 saturated heterocycles. The molecule has 25 heavy (non-hydrogen) atoms. The lowest BCUT2D eigenvalue weighted by Crippen LogP contribution is -2.40. The van der Waals surface area contributed by atoms with Crippen molar-refractivity contribution in [3.63, 3.8) is 0 Å². The molecule has 1 fully saturated rings. The lowest BCUT2D eigenvalue weighted by Gasteiger charge is -2.32. The van der Waals surface area contributed by atoms with Crippen LogP contribution in [0.3, 0.4) is 0 Å². The molecule has 1 amide bonds. The Morgan fingerprint density at radius 1 is 1.36 bits per heavy atom. The summed E-state index contributed by atoms with van der Waals surface area (Å²) < 4.78 is 3.38. The predicted octanol–water partition coefficient (Wildman–Crippen LogP) is 0.370. The van der Waals surface area contributed by atoms with Crippen LogP contribution in [-0.4, -0.2) is 58.4 Å². The van der Waals surface area contributed by atoms with Gasteiger partial charge in [-0.15, -0.1) is 10.2 Å². The number of hydrogen-bond donors (Lipinski definition) is 1. The van der Waals surface area contributed by atoms with E-state index in [9.17, 15) is 9.90 Å².